The predicted octanol–water partition coefficient (Wildman–Crippen LogP) is 4.50. The normalized spacial score (nSPS) is 66.2. The molecule has 0 heteroatoms. The van der Waals surface area contributed by atoms with Crippen molar-refractivity contribution in [3.8, 4) is 0 Å². The van der Waals surface area contributed by atoms with E-state index in [2.05, 4.69) is 0 Å². The van der Waals surface area contributed by atoms with Gasteiger partial charge in [0.2, 0.25) is 0 Å². The van der Waals surface area contributed by atoms with Crippen molar-refractivity contribution < 1.29 is 16.4 Å². The van der Waals surface area contributed by atoms with Crippen LogP contribution >= 0.6 is 0 Å². The highest BCUT2D eigenvalue weighted by Crippen LogP contribution is 2.57. The molecular formula is C18H18. The first-order valence-corrected chi connectivity index (χ1v) is 5.98. The van der Waals surface area contributed by atoms with Crippen molar-refractivity contribution in [2.75, 3.05) is 0 Å². The van der Waals surface area contributed by atoms with Crippen LogP contribution in [0.1, 0.15) is 76.5 Å². The van der Waals surface area contributed by atoms with Crippen LogP contribution in [-0.4, -0.2) is 0 Å². The van der Waals surface area contributed by atoms with E-state index in [1.165, 1.54) is 24.3 Å². The van der Waals surface area contributed by atoms with Gasteiger partial charge in [0.25, 0.3) is 0 Å². The average Bonchev–Trinajstić information content (AvgIpc) is 2.64. The van der Waals surface area contributed by atoms with Gasteiger partial charge in [0.1, 0.15) is 0 Å². The Kier molecular flexibility index (Phi) is 0.639. The molecule has 0 N–H and O–H groups in total. The summed E-state index contributed by atoms with van der Waals surface area (Å²) in [5.74, 6) is -3.09. The number of benzene rings is 1. The van der Waals surface area contributed by atoms with Gasteiger partial charge in [-0.25, -0.2) is 0 Å². The molecule has 1 aromatic carbocycles. The summed E-state index contributed by atoms with van der Waals surface area (Å²) in [7, 11) is 0. The Labute approximate surface area is 125 Å². The zero-order valence-electron chi connectivity index (χ0n) is 21.5. The fourth-order valence-corrected chi connectivity index (χ4v) is 3.17. The number of rotatable bonds is 0. The van der Waals surface area contributed by atoms with Crippen LogP contribution in [0.15, 0.2) is 30.4 Å². The first-order chi connectivity index (χ1) is 13.5. The fraction of sp³-hybridized carbons (Fsp3) is 0.444. The van der Waals surface area contributed by atoms with Crippen LogP contribution in [0.25, 0.3) is 5.57 Å². The molecule has 5 aliphatic carbocycles. The third-order valence-electron chi connectivity index (χ3n) is 4.01. The Morgan fingerprint density at radius 1 is 1.33 bits per heavy atom. The van der Waals surface area contributed by atoms with E-state index in [0.717, 1.165) is 0 Å². The van der Waals surface area contributed by atoms with Crippen LogP contribution < -0.4 is 0 Å². The number of allylic oxidation sites excluding steroid dienone is 4. The molecule has 0 aromatic heterocycles. The van der Waals surface area contributed by atoms with Gasteiger partial charge in [-0.1, -0.05) is 30.4 Å². The van der Waals surface area contributed by atoms with E-state index in [-0.39, 0.29) is 16.7 Å². The highest BCUT2D eigenvalue weighted by Gasteiger charge is 2.44. The number of hydrogen-bond donors (Lipinski definition) is 0. The van der Waals surface area contributed by atoms with Crippen molar-refractivity contribution in [1.82, 2.24) is 0 Å². The Morgan fingerprint density at radius 2 is 2.33 bits per heavy atom. The van der Waals surface area contributed by atoms with Crippen molar-refractivity contribution in [2.24, 2.45) is 0 Å². The molecule has 0 amide bonds. The zero-order valence-corrected chi connectivity index (χ0v) is 9.46. The maximum Gasteiger partial charge on any atom is 0.0352 e. The number of hydrogen-bond acceptors (Lipinski definition) is 0. The molecule has 1 spiro atoms. The monoisotopic (exact) mass is 246 g/mol. The molecule has 0 fully saturated rings. The lowest BCUT2D eigenvalue weighted by molar-refractivity contribution is 0.370. The highest BCUT2D eigenvalue weighted by atomic mass is 14.5. The van der Waals surface area contributed by atoms with Crippen LogP contribution in [0.4, 0.5) is 0 Å². The summed E-state index contributed by atoms with van der Waals surface area (Å²) >= 11 is 0. The van der Waals surface area contributed by atoms with Gasteiger partial charge in [-0.15, -0.1) is 0 Å². The molecule has 1 aromatic rings. The molecular weight excluding hydrogens is 216 g/mol. The van der Waals surface area contributed by atoms with Gasteiger partial charge < -0.3 is 0 Å². The maximum absolute atomic E-state index is 9.06. The Bertz CT molecular complexity index is 1080. The van der Waals surface area contributed by atoms with E-state index in [0.29, 0.717) is 11.1 Å². The van der Waals surface area contributed by atoms with Gasteiger partial charge in [-0.05, 0) is 72.0 Å². The van der Waals surface area contributed by atoms with E-state index in [1.54, 1.807) is 6.08 Å². The van der Waals surface area contributed by atoms with Crippen LogP contribution in [0, 0.1) is 0 Å². The van der Waals surface area contributed by atoms with Gasteiger partial charge >= 0.3 is 0 Å². The van der Waals surface area contributed by atoms with Gasteiger partial charge in [0.05, 0.1) is 0 Å². The molecule has 2 bridgehead atoms. The van der Waals surface area contributed by atoms with Crippen LogP contribution in [0.3, 0.4) is 0 Å². The topological polar surface area (TPSA) is 0 Å². The van der Waals surface area contributed by atoms with Crippen molar-refractivity contribution in [3.05, 3.63) is 52.6 Å². The second-order valence-electron chi connectivity index (χ2n) is 4.90. The highest BCUT2D eigenvalue weighted by molar-refractivity contribution is 5.84. The molecule has 0 nitrogen and oxygen atoms in total. The van der Waals surface area contributed by atoms with Crippen molar-refractivity contribution >= 4 is 5.57 Å². The second-order valence-corrected chi connectivity index (χ2v) is 4.90. The third-order valence-corrected chi connectivity index (χ3v) is 4.01. The van der Waals surface area contributed by atoms with Gasteiger partial charge in [-0.2, -0.15) is 0 Å². The lowest BCUT2D eigenvalue weighted by Crippen LogP contribution is -2.37. The van der Waals surface area contributed by atoms with Gasteiger partial charge in [0, 0.05) is 21.9 Å². The molecule has 6 rings (SSSR count). The summed E-state index contributed by atoms with van der Waals surface area (Å²) in [6.07, 6.45) is -12.7. The molecule has 0 saturated heterocycles. The molecule has 3 unspecified atom stereocenters. The van der Waals surface area contributed by atoms with Crippen molar-refractivity contribution in [2.45, 2.75) is 49.6 Å². The summed E-state index contributed by atoms with van der Waals surface area (Å²) in [5.41, 5.74) is -1.62. The SMILES string of the molecule is [2H]C1C=C2C=CC13c1c2ccc2c1C([2H])(C([2H])([2H])C([2H])([2H])C2([2H])[2H])C([2H])([2H])C3([2H])[2H]. The third kappa shape index (κ3) is 0.957. The molecule has 0 saturated carbocycles. The average molecular weight is 246 g/mol. The van der Waals surface area contributed by atoms with Crippen molar-refractivity contribution in [1.29, 1.82) is 0 Å². The molecule has 18 heavy (non-hydrogen) atoms. The number of fused-ring (bicyclic) bond motifs is 1. The Balaban J connectivity index is 2.09. The van der Waals surface area contributed by atoms with Crippen LogP contribution in [0.2, 0.25) is 0 Å². The Morgan fingerprint density at radius 3 is 3.28 bits per heavy atom. The molecule has 3 atom stereocenters. The summed E-state index contributed by atoms with van der Waals surface area (Å²) in [4.78, 5) is 0. The molecule has 0 heterocycles. The summed E-state index contributed by atoms with van der Waals surface area (Å²) < 4.78 is 103. The minimum Gasteiger partial charge on any atom is -0.0755 e. The quantitative estimate of drug-likeness (QED) is 0.632. The van der Waals surface area contributed by atoms with Crippen molar-refractivity contribution in [3.63, 3.8) is 0 Å². The van der Waals surface area contributed by atoms with Crippen LogP contribution in [-0.2, 0) is 11.8 Å². The first-order valence-electron chi connectivity index (χ1n) is 12.1. The summed E-state index contributed by atoms with van der Waals surface area (Å²) in [6.45, 7) is 0. The lowest BCUT2D eigenvalue weighted by Gasteiger charge is -2.48. The zero-order chi connectivity index (χ0) is 22.5. The smallest absolute Gasteiger partial charge is 0.0352 e. The predicted molar refractivity (Wildman–Crippen MR) is 74.8 cm³/mol. The first kappa shape index (κ1) is 3.85. The van der Waals surface area contributed by atoms with E-state index < -0.39 is 49.6 Å². The molecule has 0 aliphatic heterocycles. The molecule has 90 valence electrons. The Hall–Kier alpha value is -1.30. The lowest BCUT2D eigenvalue weighted by atomic mass is 9.56. The number of aryl methyl sites for hydroxylation is 1. The largest absolute Gasteiger partial charge is 0.0755 e. The summed E-state index contributed by atoms with van der Waals surface area (Å²) in [5, 5.41) is 0. The van der Waals surface area contributed by atoms with Gasteiger partial charge in [-0.3, -0.25) is 0 Å². The maximum atomic E-state index is 9.06. The van der Waals surface area contributed by atoms with E-state index in [9.17, 15) is 0 Å². The standard InChI is InChI=1S/C18H18/c1-2-13-4-5-15-12-6-9-18(10-7-12)11-8-14(3-1)16(13)17(15)18/h4-7,9,14H,1-3,8,10-11H2/i1D2,2D2,3D2,8D2,10D,11D2,14D. The van der Waals surface area contributed by atoms with E-state index in [4.69, 9.17) is 16.4 Å². The fourth-order valence-electron chi connectivity index (χ4n) is 3.17. The molecule has 0 radical (unpaired) electrons. The van der Waals surface area contributed by atoms with E-state index >= 15 is 0 Å². The van der Waals surface area contributed by atoms with E-state index in [1.807, 2.05) is 0 Å². The van der Waals surface area contributed by atoms with Gasteiger partial charge in [0.15, 0.2) is 0 Å². The minimum atomic E-state index is -3.42. The van der Waals surface area contributed by atoms with Crippen LogP contribution in [0.5, 0.6) is 0 Å². The second kappa shape index (κ2) is 2.99. The summed E-state index contributed by atoms with van der Waals surface area (Å²) in [6, 6.07) is 2.74. The minimum absolute atomic E-state index is 0.0402. The molecule has 5 aliphatic rings.